The van der Waals surface area contributed by atoms with E-state index in [4.69, 9.17) is 4.42 Å². The molecule has 1 aromatic rings. The summed E-state index contributed by atoms with van der Waals surface area (Å²) in [6.45, 7) is 7.45. The fraction of sp³-hybridized carbons (Fsp3) is 0.812. The largest absolute Gasteiger partial charge is 0.446 e. The molecular weight excluding hydrogens is 236 g/mol. The minimum Gasteiger partial charge on any atom is -0.446 e. The summed E-state index contributed by atoms with van der Waals surface area (Å²) < 4.78 is 5.81. The maximum Gasteiger partial charge on any atom is 0.195 e. The van der Waals surface area contributed by atoms with E-state index >= 15 is 0 Å². The molecule has 1 saturated carbocycles. The number of nitrogens with zero attached hydrogens (tertiary/aromatic N) is 1. The molecule has 0 bridgehead atoms. The molecule has 0 amide bonds. The van der Waals surface area contributed by atoms with Gasteiger partial charge in [-0.05, 0) is 33.1 Å². The molecule has 3 heteroatoms. The van der Waals surface area contributed by atoms with E-state index in [1.165, 1.54) is 32.1 Å². The van der Waals surface area contributed by atoms with Crippen molar-refractivity contribution in [1.29, 1.82) is 0 Å². The first kappa shape index (κ1) is 14.6. The quantitative estimate of drug-likeness (QED) is 0.851. The Labute approximate surface area is 117 Å². The Morgan fingerprint density at radius 2 is 2.00 bits per heavy atom. The number of oxazole rings is 1. The summed E-state index contributed by atoms with van der Waals surface area (Å²) in [4.78, 5) is 4.37. The van der Waals surface area contributed by atoms with E-state index < -0.39 is 0 Å². The highest BCUT2D eigenvalue weighted by Gasteiger charge is 2.16. The summed E-state index contributed by atoms with van der Waals surface area (Å²) in [6.07, 6.45) is 10.8. The molecule has 1 aliphatic carbocycles. The van der Waals surface area contributed by atoms with Crippen LogP contribution in [0, 0.1) is 5.92 Å². The average Bonchev–Trinajstić information content (AvgIpc) is 2.94. The Hall–Kier alpha value is -0.830. The van der Waals surface area contributed by atoms with Crippen LogP contribution in [-0.2, 0) is 12.8 Å². The van der Waals surface area contributed by atoms with Gasteiger partial charge in [-0.15, -0.1) is 0 Å². The third-order valence-corrected chi connectivity index (χ3v) is 3.87. The van der Waals surface area contributed by atoms with Gasteiger partial charge < -0.3 is 9.73 Å². The maximum atomic E-state index is 5.81. The molecule has 1 N–H and O–H groups in total. The van der Waals surface area contributed by atoms with Gasteiger partial charge in [-0.25, -0.2) is 4.98 Å². The molecule has 0 spiro atoms. The molecule has 0 unspecified atom stereocenters. The van der Waals surface area contributed by atoms with Crippen molar-refractivity contribution in [3.63, 3.8) is 0 Å². The first-order valence-electron chi connectivity index (χ1n) is 7.71. The number of hydrogen-bond donors (Lipinski definition) is 1. The SMILES string of the molecule is CC(C)(C)NCCc1ncc(CCC2CCCC2)o1. The molecule has 19 heavy (non-hydrogen) atoms. The van der Waals surface area contributed by atoms with Gasteiger partial charge in [-0.2, -0.15) is 0 Å². The van der Waals surface area contributed by atoms with Gasteiger partial charge >= 0.3 is 0 Å². The second kappa shape index (κ2) is 6.56. The number of aryl methyl sites for hydroxylation is 1. The lowest BCUT2D eigenvalue weighted by atomic mass is 10.0. The van der Waals surface area contributed by atoms with Crippen LogP contribution < -0.4 is 5.32 Å². The molecule has 0 radical (unpaired) electrons. The summed E-state index contributed by atoms with van der Waals surface area (Å²) in [5.41, 5.74) is 0.165. The molecule has 1 fully saturated rings. The van der Waals surface area contributed by atoms with E-state index in [0.717, 1.165) is 37.0 Å². The molecule has 108 valence electrons. The fourth-order valence-corrected chi connectivity index (χ4v) is 2.77. The molecule has 0 saturated heterocycles. The smallest absolute Gasteiger partial charge is 0.195 e. The average molecular weight is 264 g/mol. The summed E-state index contributed by atoms with van der Waals surface area (Å²) in [5.74, 6) is 2.87. The Bertz CT molecular complexity index is 372. The first-order chi connectivity index (χ1) is 9.03. The molecule has 1 aliphatic rings. The topological polar surface area (TPSA) is 38.1 Å². The second-order valence-electron chi connectivity index (χ2n) is 6.84. The molecule has 3 nitrogen and oxygen atoms in total. The van der Waals surface area contributed by atoms with Crippen LogP contribution in [0.2, 0.25) is 0 Å². The monoisotopic (exact) mass is 264 g/mol. The summed E-state index contributed by atoms with van der Waals surface area (Å²) >= 11 is 0. The highest BCUT2D eigenvalue weighted by atomic mass is 16.4. The van der Waals surface area contributed by atoms with Crippen molar-refractivity contribution < 1.29 is 4.42 Å². The van der Waals surface area contributed by atoms with Crippen molar-refractivity contribution in [3.05, 3.63) is 17.8 Å². The molecule has 0 atom stereocenters. The fourth-order valence-electron chi connectivity index (χ4n) is 2.77. The van der Waals surface area contributed by atoms with Crippen molar-refractivity contribution >= 4 is 0 Å². The van der Waals surface area contributed by atoms with Crippen LogP contribution in [0.5, 0.6) is 0 Å². The lowest BCUT2D eigenvalue weighted by molar-refractivity contribution is 0.394. The second-order valence-corrected chi connectivity index (χ2v) is 6.84. The minimum atomic E-state index is 0.165. The Morgan fingerprint density at radius 3 is 2.68 bits per heavy atom. The van der Waals surface area contributed by atoms with E-state index in [0.29, 0.717) is 0 Å². The van der Waals surface area contributed by atoms with Crippen molar-refractivity contribution in [1.82, 2.24) is 10.3 Å². The molecular formula is C16H28N2O. The van der Waals surface area contributed by atoms with Crippen LogP contribution in [0.3, 0.4) is 0 Å². The first-order valence-corrected chi connectivity index (χ1v) is 7.71. The lowest BCUT2D eigenvalue weighted by Crippen LogP contribution is -2.37. The van der Waals surface area contributed by atoms with Crippen LogP contribution in [-0.4, -0.2) is 17.1 Å². The van der Waals surface area contributed by atoms with E-state index in [9.17, 15) is 0 Å². The highest BCUT2D eigenvalue weighted by Crippen LogP contribution is 2.28. The number of hydrogen-bond acceptors (Lipinski definition) is 3. The van der Waals surface area contributed by atoms with Gasteiger partial charge in [-0.3, -0.25) is 0 Å². The van der Waals surface area contributed by atoms with E-state index in [1.54, 1.807) is 0 Å². The van der Waals surface area contributed by atoms with E-state index in [2.05, 4.69) is 31.1 Å². The zero-order chi connectivity index (χ0) is 13.7. The number of rotatable bonds is 6. The third-order valence-electron chi connectivity index (χ3n) is 3.87. The molecule has 1 heterocycles. The molecule has 0 aliphatic heterocycles. The predicted molar refractivity (Wildman–Crippen MR) is 78.2 cm³/mol. The normalized spacial score (nSPS) is 17.2. The van der Waals surface area contributed by atoms with Gasteiger partial charge in [0.1, 0.15) is 5.76 Å². The van der Waals surface area contributed by atoms with Crippen LogP contribution >= 0.6 is 0 Å². The van der Waals surface area contributed by atoms with Crippen LogP contribution in [0.4, 0.5) is 0 Å². The third kappa shape index (κ3) is 5.35. The summed E-state index contributed by atoms with van der Waals surface area (Å²) in [7, 11) is 0. The highest BCUT2D eigenvalue weighted by molar-refractivity contribution is 4.95. The zero-order valence-electron chi connectivity index (χ0n) is 12.7. The van der Waals surface area contributed by atoms with Crippen molar-refractivity contribution in [3.8, 4) is 0 Å². The minimum absolute atomic E-state index is 0.165. The Kier molecular flexibility index (Phi) is 5.03. The molecule has 1 aromatic heterocycles. The van der Waals surface area contributed by atoms with Gasteiger partial charge in [0.2, 0.25) is 0 Å². The van der Waals surface area contributed by atoms with Crippen molar-refractivity contribution in [2.75, 3.05) is 6.54 Å². The molecule has 2 rings (SSSR count). The number of aromatic nitrogens is 1. The van der Waals surface area contributed by atoms with Gasteiger partial charge in [-0.1, -0.05) is 25.7 Å². The summed E-state index contributed by atoms with van der Waals surface area (Å²) in [6, 6.07) is 0. The number of nitrogens with one attached hydrogen (secondary N) is 1. The van der Waals surface area contributed by atoms with Crippen LogP contribution in [0.15, 0.2) is 10.6 Å². The Morgan fingerprint density at radius 1 is 1.26 bits per heavy atom. The Balaban J connectivity index is 1.69. The van der Waals surface area contributed by atoms with E-state index in [-0.39, 0.29) is 5.54 Å². The van der Waals surface area contributed by atoms with Gasteiger partial charge in [0.25, 0.3) is 0 Å². The van der Waals surface area contributed by atoms with Crippen LogP contribution in [0.1, 0.15) is 64.5 Å². The van der Waals surface area contributed by atoms with Gasteiger partial charge in [0.05, 0.1) is 6.20 Å². The summed E-state index contributed by atoms with van der Waals surface area (Å²) in [5, 5.41) is 3.46. The van der Waals surface area contributed by atoms with Crippen LogP contribution in [0.25, 0.3) is 0 Å². The zero-order valence-corrected chi connectivity index (χ0v) is 12.7. The van der Waals surface area contributed by atoms with Gasteiger partial charge in [0, 0.05) is 24.9 Å². The van der Waals surface area contributed by atoms with E-state index in [1.807, 2.05) is 6.20 Å². The maximum absolute atomic E-state index is 5.81. The van der Waals surface area contributed by atoms with Gasteiger partial charge in [0.15, 0.2) is 5.89 Å². The standard InChI is InChI=1S/C16H28N2O/c1-16(2,3)18-11-10-15-17-12-14(19-15)9-8-13-6-4-5-7-13/h12-13,18H,4-11H2,1-3H3. The van der Waals surface area contributed by atoms with Crippen molar-refractivity contribution in [2.45, 2.75) is 71.3 Å². The lowest BCUT2D eigenvalue weighted by Gasteiger charge is -2.19. The van der Waals surface area contributed by atoms with Crippen molar-refractivity contribution in [2.24, 2.45) is 5.92 Å². The molecule has 0 aromatic carbocycles. The predicted octanol–water partition coefficient (Wildman–Crippen LogP) is 3.73.